The van der Waals surface area contributed by atoms with Crippen LogP contribution in [0, 0.1) is 6.92 Å². The third-order valence-corrected chi connectivity index (χ3v) is 3.80. The number of anilines is 1. The number of nitrogens with one attached hydrogen (secondary N) is 1. The molecule has 3 heteroatoms. The molecule has 2 rings (SSSR count). The zero-order valence-corrected chi connectivity index (χ0v) is 13.1. The number of halogens is 1. The standard InChI is InChI=1S/C17H18BrNO/c1-13-2-4-14(5-3-13)8-11-17(20)19-16-9-6-15(12-18)7-10-16/h2-7,9-10H,8,11-12H2,1H3,(H,19,20). The predicted molar refractivity (Wildman–Crippen MR) is 87.2 cm³/mol. The van der Waals surface area contributed by atoms with Gasteiger partial charge in [-0.2, -0.15) is 0 Å². The molecule has 0 fully saturated rings. The summed E-state index contributed by atoms with van der Waals surface area (Å²) in [5, 5.41) is 3.75. The molecular weight excluding hydrogens is 314 g/mol. The number of hydrogen-bond acceptors (Lipinski definition) is 1. The zero-order chi connectivity index (χ0) is 14.4. The van der Waals surface area contributed by atoms with Crippen molar-refractivity contribution >= 4 is 27.5 Å². The minimum absolute atomic E-state index is 0.0529. The minimum atomic E-state index is 0.0529. The van der Waals surface area contributed by atoms with Crippen LogP contribution in [0.3, 0.4) is 0 Å². The van der Waals surface area contributed by atoms with E-state index in [2.05, 4.69) is 52.4 Å². The molecule has 1 amide bonds. The maximum Gasteiger partial charge on any atom is 0.224 e. The molecule has 0 atom stereocenters. The summed E-state index contributed by atoms with van der Waals surface area (Å²) >= 11 is 3.40. The highest BCUT2D eigenvalue weighted by Crippen LogP contribution is 2.13. The van der Waals surface area contributed by atoms with Gasteiger partial charge in [-0.1, -0.05) is 57.9 Å². The van der Waals surface area contributed by atoms with Crippen LogP contribution in [0.25, 0.3) is 0 Å². The Bertz CT molecular complexity index is 561. The van der Waals surface area contributed by atoms with E-state index < -0.39 is 0 Å². The highest BCUT2D eigenvalue weighted by atomic mass is 79.9. The summed E-state index contributed by atoms with van der Waals surface area (Å²) in [5.41, 5.74) is 4.48. The molecule has 0 unspecified atom stereocenters. The van der Waals surface area contributed by atoms with E-state index in [-0.39, 0.29) is 5.91 Å². The zero-order valence-electron chi connectivity index (χ0n) is 11.5. The fraction of sp³-hybridized carbons (Fsp3) is 0.235. The molecule has 0 aliphatic rings. The highest BCUT2D eigenvalue weighted by Gasteiger charge is 2.03. The van der Waals surface area contributed by atoms with Crippen molar-refractivity contribution in [3.05, 3.63) is 65.2 Å². The summed E-state index contributed by atoms with van der Waals surface area (Å²) in [6, 6.07) is 16.2. The van der Waals surface area contributed by atoms with Gasteiger partial charge in [-0.05, 0) is 36.6 Å². The van der Waals surface area contributed by atoms with Crippen LogP contribution in [-0.2, 0) is 16.5 Å². The van der Waals surface area contributed by atoms with Gasteiger partial charge in [0.1, 0.15) is 0 Å². The molecule has 2 aromatic carbocycles. The molecule has 0 aliphatic heterocycles. The fourth-order valence-corrected chi connectivity index (χ4v) is 2.29. The number of hydrogen-bond donors (Lipinski definition) is 1. The third kappa shape index (κ3) is 4.49. The van der Waals surface area contributed by atoms with Crippen LogP contribution >= 0.6 is 15.9 Å². The van der Waals surface area contributed by atoms with Crippen LogP contribution in [0.5, 0.6) is 0 Å². The number of carbonyl (C=O) groups excluding carboxylic acids is 1. The van der Waals surface area contributed by atoms with E-state index in [4.69, 9.17) is 0 Å². The van der Waals surface area contributed by atoms with E-state index in [0.717, 1.165) is 17.4 Å². The van der Waals surface area contributed by atoms with Crippen LogP contribution in [-0.4, -0.2) is 5.91 Å². The van der Waals surface area contributed by atoms with Gasteiger partial charge in [0.2, 0.25) is 5.91 Å². The maximum absolute atomic E-state index is 11.9. The minimum Gasteiger partial charge on any atom is -0.326 e. The first-order chi connectivity index (χ1) is 9.67. The van der Waals surface area contributed by atoms with Crippen molar-refractivity contribution in [1.82, 2.24) is 0 Å². The van der Waals surface area contributed by atoms with Crippen molar-refractivity contribution in [2.24, 2.45) is 0 Å². The Kier molecular flexibility index (Phi) is 5.36. The Morgan fingerprint density at radius 1 is 1.00 bits per heavy atom. The summed E-state index contributed by atoms with van der Waals surface area (Å²) in [5.74, 6) is 0.0529. The monoisotopic (exact) mass is 331 g/mol. The van der Waals surface area contributed by atoms with E-state index in [0.29, 0.717) is 6.42 Å². The Morgan fingerprint density at radius 2 is 1.60 bits per heavy atom. The van der Waals surface area contributed by atoms with Crippen LogP contribution in [0.4, 0.5) is 5.69 Å². The maximum atomic E-state index is 11.9. The molecule has 0 radical (unpaired) electrons. The molecule has 2 aromatic rings. The Labute approximate surface area is 128 Å². The number of aryl methyl sites for hydroxylation is 2. The molecule has 0 aliphatic carbocycles. The first-order valence-corrected chi connectivity index (χ1v) is 7.80. The lowest BCUT2D eigenvalue weighted by molar-refractivity contribution is -0.116. The van der Waals surface area contributed by atoms with E-state index in [1.54, 1.807) is 0 Å². The van der Waals surface area contributed by atoms with Gasteiger partial charge < -0.3 is 5.32 Å². The largest absolute Gasteiger partial charge is 0.326 e. The average molecular weight is 332 g/mol. The quantitative estimate of drug-likeness (QED) is 0.805. The van der Waals surface area contributed by atoms with Crippen molar-refractivity contribution in [2.45, 2.75) is 25.1 Å². The summed E-state index contributed by atoms with van der Waals surface area (Å²) in [4.78, 5) is 11.9. The average Bonchev–Trinajstić information content (AvgIpc) is 2.47. The molecule has 104 valence electrons. The van der Waals surface area contributed by atoms with Gasteiger partial charge in [0.15, 0.2) is 0 Å². The van der Waals surface area contributed by atoms with Gasteiger partial charge in [0.25, 0.3) is 0 Å². The number of alkyl halides is 1. The summed E-state index contributed by atoms with van der Waals surface area (Å²) < 4.78 is 0. The lowest BCUT2D eigenvalue weighted by Gasteiger charge is -2.06. The summed E-state index contributed by atoms with van der Waals surface area (Å²) in [6.07, 6.45) is 1.27. The molecule has 0 heterocycles. The second-order valence-electron chi connectivity index (χ2n) is 4.86. The van der Waals surface area contributed by atoms with Crippen molar-refractivity contribution in [2.75, 3.05) is 5.32 Å². The molecule has 20 heavy (non-hydrogen) atoms. The smallest absolute Gasteiger partial charge is 0.224 e. The molecule has 1 N–H and O–H groups in total. The summed E-state index contributed by atoms with van der Waals surface area (Å²) in [7, 11) is 0. The van der Waals surface area contributed by atoms with Gasteiger partial charge in [-0.15, -0.1) is 0 Å². The van der Waals surface area contributed by atoms with Gasteiger partial charge >= 0.3 is 0 Å². The lowest BCUT2D eigenvalue weighted by Crippen LogP contribution is -2.12. The second-order valence-corrected chi connectivity index (χ2v) is 5.43. The molecule has 0 saturated carbocycles. The lowest BCUT2D eigenvalue weighted by atomic mass is 10.1. The molecule has 0 aromatic heterocycles. The van der Waals surface area contributed by atoms with Crippen molar-refractivity contribution in [3.63, 3.8) is 0 Å². The molecular formula is C17H18BrNO. The number of carbonyl (C=O) groups is 1. The van der Waals surface area contributed by atoms with Crippen LogP contribution < -0.4 is 5.32 Å². The van der Waals surface area contributed by atoms with Gasteiger partial charge in [-0.3, -0.25) is 4.79 Å². The van der Waals surface area contributed by atoms with Crippen LogP contribution in [0.1, 0.15) is 23.1 Å². The number of benzene rings is 2. The Morgan fingerprint density at radius 3 is 2.20 bits per heavy atom. The third-order valence-electron chi connectivity index (χ3n) is 3.15. The van der Waals surface area contributed by atoms with Crippen molar-refractivity contribution in [3.8, 4) is 0 Å². The fourth-order valence-electron chi connectivity index (χ4n) is 1.91. The summed E-state index contributed by atoms with van der Waals surface area (Å²) in [6.45, 7) is 2.06. The Hall–Kier alpha value is -1.61. The van der Waals surface area contributed by atoms with Crippen molar-refractivity contribution in [1.29, 1.82) is 0 Å². The van der Waals surface area contributed by atoms with E-state index in [9.17, 15) is 4.79 Å². The molecule has 0 saturated heterocycles. The van der Waals surface area contributed by atoms with Gasteiger partial charge in [-0.25, -0.2) is 0 Å². The predicted octanol–water partition coefficient (Wildman–Crippen LogP) is 4.46. The highest BCUT2D eigenvalue weighted by molar-refractivity contribution is 9.08. The second kappa shape index (κ2) is 7.25. The first-order valence-electron chi connectivity index (χ1n) is 6.67. The first kappa shape index (κ1) is 14.8. The molecule has 0 spiro atoms. The normalized spacial score (nSPS) is 10.3. The SMILES string of the molecule is Cc1ccc(CCC(=O)Nc2ccc(CBr)cc2)cc1. The van der Waals surface area contributed by atoms with Crippen LogP contribution in [0.15, 0.2) is 48.5 Å². The number of rotatable bonds is 5. The topological polar surface area (TPSA) is 29.1 Å². The van der Waals surface area contributed by atoms with E-state index in [1.165, 1.54) is 16.7 Å². The molecule has 0 bridgehead atoms. The van der Waals surface area contributed by atoms with E-state index in [1.807, 2.05) is 24.3 Å². The Balaban J connectivity index is 1.84. The van der Waals surface area contributed by atoms with Gasteiger partial charge in [0.05, 0.1) is 0 Å². The number of amides is 1. The van der Waals surface area contributed by atoms with Gasteiger partial charge in [0, 0.05) is 17.4 Å². The van der Waals surface area contributed by atoms with E-state index >= 15 is 0 Å². The molecule has 2 nitrogen and oxygen atoms in total. The van der Waals surface area contributed by atoms with Crippen molar-refractivity contribution < 1.29 is 4.79 Å². The van der Waals surface area contributed by atoms with Crippen LogP contribution in [0.2, 0.25) is 0 Å².